The number of fused-ring (bicyclic) bond motifs is 1. The second-order valence-corrected chi connectivity index (χ2v) is 7.23. The summed E-state index contributed by atoms with van der Waals surface area (Å²) in [5.41, 5.74) is 3.04. The van der Waals surface area contributed by atoms with Gasteiger partial charge in [-0.1, -0.05) is 39.5 Å². The van der Waals surface area contributed by atoms with E-state index >= 15 is 0 Å². The molecule has 0 saturated heterocycles. The van der Waals surface area contributed by atoms with Crippen LogP contribution in [0.1, 0.15) is 43.6 Å². The molecule has 3 aromatic rings. The van der Waals surface area contributed by atoms with Crippen LogP contribution in [0.3, 0.4) is 0 Å². The second kappa shape index (κ2) is 5.84. The molecule has 0 amide bonds. The van der Waals surface area contributed by atoms with Crippen molar-refractivity contribution in [2.75, 3.05) is 0 Å². The summed E-state index contributed by atoms with van der Waals surface area (Å²) < 4.78 is 0. The van der Waals surface area contributed by atoms with Crippen molar-refractivity contribution in [3.05, 3.63) is 59.7 Å². The average Bonchev–Trinajstić information content (AvgIpc) is 2.96. The fraction of sp³-hybridized carbons (Fsp3) is 0.250. The van der Waals surface area contributed by atoms with Gasteiger partial charge in [0.15, 0.2) is 5.78 Å². The highest BCUT2D eigenvalue weighted by atomic mass is 16.3. The Hall–Kier alpha value is -2.95. The van der Waals surface area contributed by atoms with E-state index < -0.39 is 0 Å². The lowest BCUT2D eigenvalue weighted by molar-refractivity contribution is 0.103. The number of ketones is 1. The van der Waals surface area contributed by atoms with Crippen molar-refractivity contribution >= 4 is 16.8 Å². The van der Waals surface area contributed by atoms with E-state index in [1.165, 1.54) is 4.80 Å². The van der Waals surface area contributed by atoms with Crippen LogP contribution in [0.5, 0.6) is 5.75 Å². The Balaban J connectivity index is 2.29. The van der Waals surface area contributed by atoms with Gasteiger partial charge in [-0.3, -0.25) is 4.79 Å². The Morgan fingerprint density at radius 3 is 2.16 bits per heavy atom. The topological polar surface area (TPSA) is 68.0 Å². The van der Waals surface area contributed by atoms with Gasteiger partial charge in [0.25, 0.3) is 0 Å². The van der Waals surface area contributed by atoms with Crippen molar-refractivity contribution in [1.82, 2.24) is 15.0 Å². The van der Waals surface area contributed by atoms with Gasteiger partial charge in [-0.05, 0) is 42.2 Å². The fourth-order valence-electron chi connectivity index (χ4n) is 2.69. The predicted molar refractivity (Wildman–Crippen MR) is 98.4 cm³/mol. The van der Waals surface area contributed by atoms with E-state index in [9.17, 15) is 9.90 Å². The molecule has 1 heterocycles. The molecular weight excluding hydrogens is 314 g/mol. The zero-order valence-corrected chi connectivity index (χ0v) is 14.9. The molecule has 0 aliphatic rings. The number of phenolic OH excluding ortho intramolecular Hbond substituents is 1. The summed E-state index contributed by atoms with van der Waals surface area (Å²) in [5.74, 6) is -0.0884. The molecule has 2 aromatic carbocycles. The van der Waals surface area contributed by atoms with Gasteiger partial charge in [0, 0.05) is 11.1 Å². The zero-order valence-electron chi connectivity index (χ0n) is 14.9. The third kappa shape index (κ3) is 3.05. The minimum Gasteiger partial charge on any atom is -0.505 e. The van der Waals surface area contributed by atoms with Crippen LogP contribution in [0.4, 0.5) is 0 Å². The lowest BCUT2D eigenvalue weighted by atomic mass is 9.84. The third-order valence-electron chi connectivity index (χ3n) is 4.05. The Bertz CT molecular complexity index is 961. The molecule has 0 atom stereocenters. The summed E-state index contributed by atoms with van der Waals surface area (Å²) >= 11 is 0. The molecule has 0 spiro atoms. The number of phenols is 1. The fourth-order valence-corrected chi connectivity index (χ4v) is 2.69. The minimum atomic E-state index is -0.350. The Kier molecular flexibility index (Phi) is 3.95. The Labute approximate surface area is 146 Å². The van der Waals surface area contributed by atoms with E-state index in [-0.39, 0.29) is 16.9 Å². The zero-order chi connectivity index (χ0) is 18.4. The van der Waals surface area contributed by atoms with Crippen molar-refractivity contribution in [3.63, 3.8) is 0 Å². The molecule has 0 aliphatic heterocycles. The number of nitrogens with zero attached hydrogens (tertiary/aromatic N) is 3. The maximum absolute atomic E-state index is 12.5. The van der Waals surface area contributed by atoms with Crippen LogP contribution >= 0.6 is 0 Å². The first kappa shape index (κ1) is 16.9. The molecule has 1 aromatic heterocycles. The molecule has 1 N–H and O–H groups in total. The molecule has 128 valence electrons. The molecule has 0 radical (unpaired) electrons. The Morgan fingerprint density at radius 1 is 1.12 bits per heavy atom. The Morgan fingerprint density at radius 2 is 1.68 bits per heavy atom. The van der Waals surface area contributed by atoms with Crippen molar-refractivity contribution in [2.45, 2.75) is 33.1 Å². The van der Waals surface area contributed by atoms with Crippen molar-refractivity contribution < 1.29 is 9.90 Å². The second-order valence-electron chi connectivity index (χ2n) is 7.23. The van der Waals surface area contributed by atoms with Gasteiger partial charge in [0.05, 0.1) is 0 Å². The lowest BCUT2D eigenvalue weighted by Gasteiger charge is -2.22. The normalized spacial score (nSPS) is 11.7. The van der Waals surface area contributed by atoms with Gasteiger partial charge in [0.1, 0.15) is 22.5 Å². The van der Waals surface area contributed by atoms with Crippen LogP contribution in [0.25, 0.3) is 16.7 Å². The van der Waals surface area contributed by atoms with Crippen molar-refractivity contribution in [1.29, 1.82) is 0 Å². The number of hydrogen-bond acceptors (Lipinski definition) is 4. The number of allylic oxidation sites excluding steroid dienone is 1. The lowest BCUT2D eigenvalue weighted by Crippen LogP contribution is -2.15. The van der Waals surface area contributed by atoms with E-state index in [4.69, 9.17) is 0 Å². The highest BCUT2D eigenvalue weighted by Crippen LogP contribution is 2.36. The van der Waals surface area contributed by atoms with Gasteiger partial charge < -0.3 is 5.11 Å². The summed E-state index contributed by atoms with van der Waals surface area (Å²) in [5, 5.41) is 19.7. The molecule has 0 aliphatic carbocycles. The number of carbonyl (C=O) groups excluding carboxylic acids is 1. The number of hydrogen-bond donors (Lipinski definition) is 1. The number of carbonyl (C=O) groups is 1. The van der Waals surface area contributed by atoms with Gasteiger partial charge in [-0.2, -0.15) is 0 Å². The van der Waals surface area contributed by atoms with Gasteiger partial charge in [-0.15, -0.1) is 15.0 Å². The number of rotatable bonds is 3. The van der Waals surface area contributed by atoms with Crippen LogP contribution in [0.2, 0.25) is 0 Å². The summed E-state index contributed by atoms with van der Waals surface area (Å²) in [6.07, 6.45) is 0. The summed E-state index contributed by atoms with van der Waals surface area (Å²) in [4.78, 5) is 13.8. The number of aromatic nitrogens is 3. The molecular formula is C20H21N3O2. The largest absolute Gasteiger partial charge is 0.505 e. The predicted octanol–water partition coefficient (Wildman–Crippen LogP) is 4.18. The summed E-state index contributed by atoms with van der Waals surface area (Å²) in [7, 11) is 0. The first-order valence-electron chi connectivity index (χ1n) is 8.08. The maximum atomic E-state index is 12.5. The van der Waals surface area contributed by atoms with Crippen molar-refractivity contribution in [2.24, 2.45) is 0 Å². The van der Waals surface area contributed by atoms with Crippen molar-refractivity contribution in [3.8, 4) is 11.4 Å². The monoisotopic (exact) mass is 335 g/mol. The standard InChI is InChI=1S/C20H21N3O2/c1-12(2)18(24)13-10-14(20(3,4)5)19(25)17(11-13)23-21-15-8-6-7-9-16(15)22-23/h6-11,25H,1H2,2-5H3. The molecule has 3 rings (SSSR count). The molecule has 5 nitrogen and oxygen atoms in total. The maximum Gasteiger partial charge on any atom is 0.188 e. The summed E-state index contributed by atoms with van der Waals surface area (Å²) in [6.45, 7) is 11.3. The SMILES string of the molecule is C=C(C)C(=O)c1cc(-n2nc3ccccc3n2)c(O)c(C(C)(C)C)c1. The van der Waals surface area contributed by atoms with E-state index in [1.54, 1.807) is 19.1 Å². The number of benzene rings is 2. The molecule has 0 fully saturated rings. The first-order chi connectivity index (χ1) is 11.7. The quantitative estimate of drug-likeness (QED) is 0.576. The third-order valence-corrected chi connectivity index (χ3v) is 4.05. The molecule has 0 saturated carbocycles. The van der Waals surface area contributed by atoms with Gasteiger partial charge in [-0.25, -0.2) is 0 Å². The van der Waals surface area contributed by atoms with E-state index in [0.717, 1.165) is 11.0 Å². The number of Topliss-reactive ketones (excluding diaryl/α,β-unsaturated/α-hetero) is 1. The minimum absolute atomic E-state index is 0.0751. The van der Waals surface area contributed by atoms with Crippen LogP contribution in [-0.4, -0.2) is 25.9 Å². The van der Waals surface area contributed by atoms with E-state index in [2.05, 4.69) is 16.8 Å². The van der Waals surface area contributed by atoms with Gasteiger partial charge >= 0.3 is 0 Å². The average molecular weight is 335 g/mol. The van der Waals surface area contributed by atoms with E-state index in [1.807, 2.05) is 45.0 Å². The molecule has 25 heavy (non-hydrogen) atoms. The first-order valence-corrected chi connectivity index (χ1v) is 8.08. The smallest absolute Gasteiger partial charge is 0.188 e. The van der Waals surface area contributed by atoms with Crippen LogP contribution < -0.4 is 0 Å². The highest BCUT2D eigenvalue weighted by molar-refractivity contribution is 6.08. The summed E-state index contributed by atoms with van der Waals surface area (Å²) in [6, 6.07) is 10.8. The van der Waals surface area contributed by atoms with Crippen LogP contribution in [0, 0.1) is 0 Å². The highest BCUT2D eigenvalue weighted by Gasteiger charge is 2.25. The van der Waals surface area contributed by atoms with Crippen LogP contribution in [-0.2, 0) is 5.41 Å². The molecule has 0 bridgehead atoms. The number of aromatic hydroxyl groups is 1. The van der Waals surface area contributed by atoms with E-state index in [0.29, 0.717) is 22.4 Å². The van der Waals surface area contributed by atoms with Gasteiger partial charge in [0.2, 0.25) is 0 Å². The molecule has 0 unspecified atom stereocenters. The van der Waals surface area contributed by atoms with Crippen LogP contribution in [0.15, 0.2) is 48.6 Å². The molecule has 5 heteroatoms.